The predicted octanol–water partition coefficient (Wildman–Crippen LogP) is 4.46. The van der Waals surface area contributed by atoms with Gasteiger partial charge in [-0.3, -0.25) is 9.69 Å². The molecule has 0 unspecified atom stereocenters. The molecule has 2 heterocycles. The number of benzene rings is 1. The van der Waals surface area contributed by atoms with Gasteiger partial charge in [-0.25, -0.2) is 9.07 Å². The number of carbonyl (C=O) groups excluding carboxylic acids is 1. The van der Waals surface area contributed by atoms with Crippen molar-refractivity contribution < 1.29 is 9.18 Å². The number of likely N-dealkylation sites (N-methyl/N-ethyl adjacent to an activating group) is 1. The molecular weight excluding hydrogens is 391 g/mol. The number of hydrogen-bond donors (Lipinski definition) is 0. The van der Waals surface area contributed by atoms with Crippen molar-refractivity contribution in [3.05, 3.63) is 47.0 Å². The minimum absolute atomic E-state index is 0.249. The van der Waals surface area contributed by atoms with Crippen LogP contribution in [-0.4, -0.2) is 44.6 Å². The summed E-state index contributed by atoms with van der Waals surface area (Å²) in [6.45, 7) is 5.60. The molecule has 0 N–H and O–H groups in total. The zero-order valence-corrected chi connectivity index (χ0v) is 18.5. The van der Waals surface area contributed by atoms with Crippen molar-refractivity contribution >= 4 is 5.91 Å². The minimum Gasteiger partial charge on any atom is -0.334 e. The molecule has 5 nitrogen and oxygen atoms in total. The highest BCUT2D eigenvalue weighted by Gasteiger charge is 2.36. The standard InChI is InChI=1S/C25H33FN4O/c1-2-28-13-12-24-22(16-28)23(27-30(24)21-9-5-8-19(26)15-21)17-29(20-10-11-20)25(31)14-18-6-3-4-7-18/h5,8-9,15,18,20H,2-4,6-7,10-14,16-17H2,1H3. The summed E-state index contributed by atoms with van der Waals surface area (Å²) in [4.78, 5) is 17.7. The van der Waals surface area contributed by atoms with Crippen LogP contribution < -0.4 is 0 Å². The molecule has 6 heteroatoms. The second-order valence-corrected chi connectivity index (χ2v) is 9.49. The average molecular weight is 425 g/mol. The Balaban J connectivity index is 1.45. The van der Waals surface area contributed by atoms with Crippen LogP contribution in [0.25, 0.3) is 5.69 Å². The van der Waals surface area contributed by atoms with Gasteiger partial charge in [0.2, 0.25) is 5.91 Å². The van der Waals surface area contributed by atoms with Gasteiger partial charge in [-0.2, -0.15) is 5.10 Å². The third-order valence-corrected chi connectivity index (χ3v) is 7.29. The number of carbonyl (C=O) groups is 1. The summed E-state index contributed by atoms with van der Waals surface area (Å²) in [7, 11) is 0. The summed E-state index contributed by atoms with van der Waals surface area (Å²) >= 11 is 0. The third kappa shape index (κ3) is 4.40. The molecule has 2 aromatic rings. The van der Waals surface area contributed by atoms with Gasteiger partial charge < -0.3 is 4.90 Å². The molecule has 2 fully saturated rings. The smallest absolute Gasteiger partial charge is 0.223 e. The fraction of sp³-hybridized carbons (Fsp3) is 0.600. The van der Waals surface area contributed by atoms with Crippen molar-refractivity contribution in [1.29, 1.82) is 0 Å². The van der Waals surface area contributed by atoms with E-state index >= 15 is 0 Å². The highest BCUT2D eigenvalue weighted by molar-refractivity contribution is 5.77. The third-order valence-electron chi connectivity index (χ3n) is 7.29. The van der Waals surface area contributed by atoms with Crippen molar-refractivity contribution in [3.63, 3.8) is 0 Å². The summed E-state index contributed by atoms with van der Waals surface area (Å²) in [6, 6.07) is 7.04. The number of aromatic nitrogens is 2. The Morgan fingerprint density at radius 3 is 2.74 bits per heavy atom. The van der Waals surface area contributed by atoms with Crippen LogP contribution in [0.4, 0.5) is 4.39 Å². The Morgan fingerprint density at radius 2 is 2.03 bits per heavy atom. The summed E-state index contributed by atoms with van der Waals surface area (Å²) in [5.74, 6) is 0.607. The molecule has 1 aromatic heterocycles. The molecule has 0 atom stereocenters. The van der Waals surface area contributed by atoms with Crippen LogP contribution in [0.1, 0.15) is 68.8 Å². The quantitative estimate of drug-likeness (QED) is 0.659. The monoisotopic (exact) mass is 424 g/mol. The highest BCUT2D eigenvalue weighted by atomic mass is 19.1. The molecule has 166 valence electrons. The maximum absolute atomic E-state index is 13.9. The first kappa shape index (κ1) is 20.7. The Hall–Kier alpha value is -2.21. The molecule has 0 spiro atoms. The van der Waals surface area contributed by atoms with E-state index in [1.165, 1.54) is 43.0 Å². The van der Waals surface area contributed by atoms with Gasteiger partial charge >= 0.3 is 0 Å². The first-order valence-electron chi connectivity index (χ1n) is 12.0. The van der Waals surface area contributed by atoms with Crippen LogP contribution in [0.3, 0.4) is 0 Å². The highest BCUT2D eigenvalue weighted by Crippen LogP contribution is 2.34. The maximum atomic E-state index is 13.9. The predicted molar refractivity (Wildman–Crippen MR) is 118 cm³/mol. The van der Waals surface area contributed by atoms with E-state index in [1.54, 1.807) is 12.1 Å². The number of amides is 1. The normalized spacial score (nSPS) is 19.5. The van der Waals surface area contributed by atoms with E-state index in [1.807, 2.05) is 10.7 Å². The van der Waals surface area contributed by atoms with Crippen molar-refractivity contribution in [3.8, 4) is 5.69 Å². The zero-order chi connectivity index (χ0) is 21.4. The summed E-state index contributed by atoms with van der Waals surface area (Å²) < 4.78 is 15.9. The molecule has 2 aliphatic carbocycles. The number of rotatable bonds is 7. The van der Waals surface area contributed by atoms with Gasteiger partial charge in [0, 0.05) is 37.5 Å². The molecule has 31 heavy (non-hydrogen) atoms. The van der Waals surface area contributed by atoms with Gasteiger partial charge in [-0.1, -0.05) is 25.8 Å². The van der Waals surface area contributed by atoms with Crippen LogP contribution in [0.5, 0.6) is 0 Å². The van der Waals surface area contributed by atoms with E-state index in [0.29, 0.717) is 30.8 Å². The van der Waals surface area contributed by atoms with Gasteiger partial charge in [0.25, 0.3) is 0 Å². The first-order valence-corrected chi connectivity index (χ1v) is 12.0. The molecule has 3 aliphatic rings. The van der Waals surface area contributed by atoms with E-state index in [4.69, 9.17) is 5.10 Å². The van der Waals surface area contributed by atoms with E-state index in [-0.39, 0.29) is 5.82 Å². The van der Waals surface area contributed by atoms with Gasteiger partial charge in [-0.05, 0) is 56.3 Å². The second kappa shape index (κ2) is 8.73. The van der Waals surface area contributed by atoms with Crippen molar-refractivity contribution in [2.75, 3.05) is 13.1 Å². The minimum atomic E-state index is -0.249. The molecule has 5 rings (SSSR count). The topological polar surface area (TPSA) is 41.4 Å². The second-order valence-electron chi connectivity index (χ2n) is 9.49. The van der Waals surface area contributed by atoms with Gasteiger partial charge in [-0.15, -0.1) is 0 Å². The molecular formula is C25H33FN4O. The Morgan fingerprint density at radius 1 is 1.23 bits per heavy atom. The van der Waals surface area contributed by atoms with E-state index < -0.39 is 0 Å². The van der Waals surface area contributed by atoms with Crippen LogP contribution in [0, 0.1) is 11.7 Å². The number of fused-ring (bicyclic) bond motifs is 1. The summed E-state index contributed by atoms with van der Waals surface area (Å²) in [5, 5.41) is 4.97. The molecule has 1 amide bonds. The Kier molecular flexibility index (Phi) is 5.83. The van der Waals surface area contributed by atoms with E-state index in [2.05, 4.69) is 16.7 Å². The molecule has 1 aromatic carbocycles. The first-order chi connectivity index (χ1) is 15.1. The number of nitrogens with zero attached hydrogens (tertiary/aromatic N) is 4. The van der Waals surface area contributed by atoms with Crippen molar-refractivity contribution in [2.24, 2.45) is 5.92 Å². The Labute approximate surface area is 184 Å². The molecule has 1 aliphatic heterocycles. The zero-order valence-electron chi connectivity index (χ0n) is 18.5. The van der Waals surface area contributed by atoms with E-state index in [0.717, 1.165) is 50.3 Å². The lowest BCUT2D eigenvalue weighted by Gasteiger charge is -2.28. The Bertz CT molecular complexity index is 945. The van der Waals surface area contributed by atoms with Gasteiger partial charge in [0.05, 0.1) is 23.6 Å². The summed E-state index contributed by atoms with van der Waals surface area (Å²) in [6.07, 6.45) is 8.70. The van der Waals surface area contributed by atoms with Crippen molar-refractivity contribution in [1.82, 2.24) is 19.6 Å². The molecule has 0 saturated heterocycles. The van der Waals surface area contributed by atoms with E-state index in [9.17, 15) is 9.18 Å². The molecule has 0 radical (unpaired) electrons. The maximum Gasteiger partial charge on any atom is 0.223 e. The fourth-order valence-electron chi connectivity index (χ4n) is 5.31. The summed E-state index contributed by atoms with van der Waals surface area (Å²) in [5.41, 5.74) is 4.16. The van der Waals surface area contributed by atoms with Crippen molar-refractivity contribution in [2.45, 2.75) is 77.4 Å². The molecule has 2 saturated carbocycles. The van der Waals surface area contributed by atoms with Crippen LogP contribution in [0.15, 0.2) is 24.3 Å². The number of hydrogen-bond acceptors (Lipinski definition) is 3. The average Bonchev–Trinajstić information content (AvgIpc) is 3.36. The number of halogens is 1. The van der Waals surface area contributed by atoms with Crippen LogP contribution in [-0.2, 0) is 24.3 Å². The van der Waals surface area contributed by atoms with Gasteiger partial charge in [0.1, 0.15) is 5.82 Å². The lowest BCUT2D eigenvalue weighted by Crippen LogP contribution is -2.35. The van der Waals surface area contributed by atoms with Crippen LogP contribution >= 0.6 is 0 Å². The molecule has 0 bridgehead atoms. The lowest BCUT2D eigenvalue weighted by atomic mass is 10.0. The lowest BCUT2D eigenvalue weighted by molar-refractivity contribution is -0.133. The largest absolute Gasteiger partial charge is 0.334 e. The van der Waals surface area contributed by atoms with Crippen LogP contribution in [0.2, 0.25) is 0 Å². The van der Waals surface area contributed by atoms with Gasteiger partial charge in [0.15, 0.2) is 0 Å². The fourth-order valence-corrected chi connectivity index (χ4v) is 5.31. The SMILES string of the molecule is CCN1CCc2c(c(CN(C(=O)CC3CCCC3)C3CC3)nn2-c2cccc(F)c2)C1.